The molecule has 0 aliphatic carbocycles. The highest BCUT2D eigenvalue weighted by Crippen LogP contribution is 2.23. The molecule has 1 aliphatic rings. The van der Waals surface area contributed by atoms with Gasteiger partial charge in [-0.2, -0.15) is 0 Å². The Kier molecular flexibility index (Phi) is 3.39. The minimum Gasteiger partial charge on any atom is -0.462 e. The molecular formula is C16H12ClNO3. The fourth-order valence-corrected chi connectivity index (χ4v) is 2.10. The number of benzene rings is 1. The Morgan fingerprint density at radius 1 is 1.19 bits per heavy atom. The minimum atomic E-state index is -0.504. The van der Waals surface area contributed by atoms with E-state index in [1.54, 1.807) is 18.2 Å². The molecule has 0 saturated carbocycles. The summed E-state index contributed by atoms with van der Waals surface area (Å²) in [7, 11) is 0. The Bertz CT molecular complexity index is 787. The molecule has 4 nitrogen and oxygen atoms in total. The van der Waals surface area contributed by atoms with Crippen molar-refractivity contribution in [2.24, 2.45) is 4.99 Å². The lowest BCUT2D eigenvalue weighted by molar-refractivity contribution is -0.129. The highest BCUT2D eigenvalue weighted by Gasteiger charge is 2.24. The van der Waals surface area contributed by atoms with Crippen LogP contribution in [0.25, 0.3) is 6.08 Å². The van der Waals surface area contributed by atoms with E-state index in [2.05, 4.69) is 4.99 Å². The number of halogens is 1. The van der Waals surface area contributed by atoms with Gasteiger partial charge in [0.15, 0.2) is 5.70 Å². The van der Waals surface area contributed by atoms with Gasteiger partial charge in [0.2, 0.25) is 5.90 Å². The SMILES string of the molecule is Cc1ccc(/C=C2/N=C(c3ccc(C)c(Cl)c3)OC2=O)o1. The molecule has 1 aromatic carbocycles. The number of esters is 1. The molecule has 21 heavy (non-hydrogen) atoms. The second kappa shape index (κ2) is 5.22. The Morgan fingerprint density at radius 3 is 2.67 bits per heavy atom. The highest BCUT2D eigenvalue weighted by atomic mass is 35.5. The molecule has 0 atom stereocenters. The highest BCUT2D eigenvalue weighted by molar-refractivity contribution is 6.31. The molecule has 2 aromatic rings. The number of rotatable bonds is 2. The van der Waals surface area contributed by atoms with Crippen molar-refractivity contribution in [2.45, 2.75) is 13.8 Å². The predicted octanol–water partition coefficient (Wildman–Crippen LogP) is 3.89. The lowest BCUT2D eigenvalue weighted by Gasteiger charge is -2.02. The third-order valence-electron chi connectivity index (χ3n) is 3.08. The van der Waals surface area contributed by atoms with Crippen LogP contribution in [0.3, 0.4) is 0 Å². The zero-order valence-electron chi connectivity index (χ0n) is 11.5. The van der Waals surface area contributed by atoms with Gasteiger partial charge in [0, 0.05) is 16.7 Å². The summed E-state index contributed by atoms with van der Waals surface area (Å²) in [6.07, 6.45) is 1.55. The van der Waals surface area contributed by atoms with Crippen molar-refractivity contribution in [1.82, 2.24) is 0 Å². The van der Waals surface area contributed by atoms with Crippen molar-refractivity contribution in [1.29, 1.82) is 0 Å². The van der Waals surface area contributed by atoms with E-state index in [4.69, 9.17) is 20.8 Å². The molecular weight excluding hydrogens is 290 g/mol. The smallest absolute Gasteiger partial charge is 0.363 e. The third kappa shape index (κ3) is 2.76. The summed E-state index contributed by atoms with van der Waals surface area (Å²) in [5.74, 6) is 1.07. The Labute approximate surface area is 126 Å². The first-order valence-corrected chi connectivity index (χ1v) is 6.76. The standard InChI is InChI=1S/C16H12ClNO3/c1-9-3-5-11(7-13(9)17)15-18-14(16(19)21-15)8-12-6-4-10(2)20-12/h3-8H,1-2H3/b14-8+. The van der Waals surface area contributed by atoms with Gasteiger partial charge in [-0.3, -0.25) is 0 Å². The van der Waals surface area contributed by atoms with E-state index in [0.717, 1.165) is 11.3 Å². The summed E-state index contributed by atoms with van der Waals surface area (Å²) in [6, 6.07) is 8.98. The van der Waals surface area contributed by atoms with E-state index < -0.39 is 5.97 Å². The van der Waals surface area contributed by atoms with Gasteiger partial charge < -0.3 is 9.15 Å². The number of hydrogen-bond donors (Lipinski definition) is 0. The predicted molar refractivity (Wildman–Crippen MR) is 80.2 cm³/mol. The van der Waals surface area contributed by atoms with Crippen molar-refractivity contribution < 1.29 is 13.9 Å². The van der Waals surface area contributed by atoms with E-state index in [0.29, 0.717) is 16.3 Å². The number of ether oxygens (including phenoxy) is 1. The first-order valence-electron chi connectivity index (χ1n) is 6.38. The van der Waals surface area contributed by atoms with Crippen LogP contribution in [0.4, 0.5) is 0 Å². The first-order chi connectivity index (χ1) is 10.0. The molecule has 106 valence electrons. The number of nitrogens with zero attached hydrogens (tertiary/aromatic N) is 1. The van der Waals surface area contributed by atoms with Crippen molar-refractivity contribution in [3.05, 3.63) is 63.7 Å². The largest absolute Gasteiger partial charge is 0.462 e. The molecule has 0 radical (unpaired) electrons. The molecule has 0 amide bonds. The Balaban J connectivity index is 1.95. The number of carbonyl (C=O) groups excluding carboxylic acids is 1. The molecule has 0 fully saturated rings. The monoisotopic (exact) mass is 301 g/mol. The molecule has 0 N–H and O–H groups in total. The number of aryl methyl sites for hydroxylation is 2. The third-order valence-corrected chi connectivity index (χ3v) is 3.49. The van der Waals surface area contributed by atoms with Gasteiger partial charge in [0.05, 0.1) is 0 Å². The number of furan rings is 1. The van der Waals surface area contributed by atoms with Gasteiger partial charge >= 0.3 is 5.97 Å². The van der Waals surface area contributed by atoms with Crippen LogP contribution in [0.5, 0.6) is 0 Å². The molecule has 5 heteroatoms. The lowest BCUT2D eigenvalue weighted by atomic mass is 10.1. The Hall–Kier alpha value is -2.33. The van der Waals surface area contributed by atoms with Crippen LogP contribution in [-0.2, 0) is 9.53 Å². The van der Waals surface area contributed by atoms with Gasteiger partial charge in [0.25, 0.3) is 0 Å². The second-order valence-corrected chi connectivity index (χ2v) is 5.16. The summed E-state index contributed by atoms with van der Waals surface area (Å²) in [6.45, 7) is 3.73. The first kappa shape index (κ1) is 13.6. The summed E-state index contributed by atoms with van der Waals surface area (Å²) in [4.78, 5) is 16.0. The van der Waals surface area contributed by atoms with Crippen LogP contribution < -0.4 is 0 Å². The molecule has 0 spiro atoms. The maximum atomic E-state index is 11.8. The zero-order chi connectivity index (χ0) is 15.0. The zero-order valence-corrected chi connectivity index (χ0v) is 12.3. The fourth-order valence-electron chi connectivity index (χ4n) is 1.92. The van der Waals surface area contributed by atoms with Gasteiger partial charge in [-0.25, -0.2) is 9.79 Å². The van der Waals surface area contributed by atoms with E-state index in [1.807, 2.05) is 32.0 Å². The van der Waals surface area contributed by atoms with Crippen LogP contribution in [0, 0.1) is 13.8 Å². The van der Waals surface area contributed by atoms with E-state index >= 15 is 0 Å². The van der Waals surface area contributed by atoms with Crippen molar-refractivity contribution in [2.75, 3.05) is 0 Å². The molecule has 3 rings (SSSR count). The quantitative estimate of drug-likeness (QED) is 0.624. The number of aliphatic imine (C=N–C) groups is 1. The summed E-state index contributed by atoms with van der Waals surface area (Å²) in [5, 5.41) is 0.602. The van der Waals surface area contributed by atoms with Crippen LogP contribution in [-0.4, -0.2) is 11.9 Å². The van der Waals surface area contributed by atoms with Gasteiger partial charge in [-0.1, -0.05) is 17.7 Å². The van der Waals surface area contributed by atoms with Gasteiger partial charge in [0.1, 0.15) is 11.5 Å². The average molecular weight is 302 g/mol. The maximum absolute atomic E-state index is 11.8. The summed E-state index contributed by atoms with van der Waals surface area (Å²) in [5.41, 5.74) is 1.82. The lowest BCUT2D eigenvalue weighted by Crippen LogP contribution is -2.05. The van der Waals surface area contributed by atoms with Crippen molar-refractivity contribution in [3.8, 4) is 0 Å². The van der Waals surface area contributed by atoms with Crippen molar-refractivity contribution in [3.63, 3.8) is 0 Å². The molecule has 0 saturated heterocycles. The summed E-state index contributed by atoms with van der Waals surface area (Å²) < 4.78 is 10.6. The van der Waals surface area contributed by atoms with Crippen LogP contribution in [0.2, 0.25) is 5.02 Å². The fraction of sp³-hybridized carbons (Fsp3) is 0.125. The second-order valence-electron chi connectivity index (χ2n) is 4.75. The molecule has 2 heterocycles. The number of cyclic esters (lactones) is 1. The molecule has 0 unspecified atom stereocenters. The van der Waals surface area contributed by atoms with Crippen LogP contribution >= 0.6 is 11.6 Å². The normalized spacial score (nSPS) is 16.2. The maximum Gasteiger partial charge on any atom is 0.363 e. The number of carbonyl (C=O) groups is 1. The van der Waals surface area contributed by atoms with E-state index in [9.17, 15) is 4.79 Å². The topological polar surface area (TPSA) is 51.8 Å². The van der Waals surface area contributed by atoms with Gasteiger partial charge in [-0.15, -0.1) is 0 Å². The summed E-state index contributed by atoms with van der Waals surface area (Å²) >= 11 is 6.07. The van der Waals surface area contributed by atoms with Crippen LogP contribution in [0.15, 0.2) is 45.4 Å². The number of hydrogen-bond acceptors (Lipinski definition) is 4. The average Bonchev–Trinajstić information content (AvgIpc) is 3.00. The van der Waals surface area contributed by atoms with Crippen LogP contribution in [0.1, 0.15) is 22.6 Å². The molecule has 1 aliphatic heterocycles. The minimum absolute atomic E-state index is 0.205. The molecule has 1 aromatic heterocycles. The van der Waals surface area contributed by atoms with E-state index in [1.165, 1.54) is 0 Å². The Morgan fingerprint density at radius 2 is 2.00 bits per heavy atom. The van der Waals surface area contributed by atoms with Crippen molar-refractivity contribution >= 4 is 29.5 Å². The molecule has 0 bridgehead atoms. The van der Waals surface area contributed by atoms with E-state index in [-0.39, 0.29) is 11.6 Å². The van der Waals surface area contributed by atoms with Gasteiger partial charge in [-0.05, 0) is 43.7 Å².